The van der Waals surface area contributed by atoms with Gasteiger partial charge in [-0.3, -0.25) is 9.89 Å². The summed E-state index contributed by atoms with van der Waals surface area (Å²) in [4.78, 5) is 13.3. The number of aromatic nitrogens is 2. The van der Waals surface area contributed by atoms with Crippen LogP contribution >= 0.6 is 22.9 Å². The highest BCUT2D eigenvalue weighted by atomic mass is 35.5. The van der Waals surface area contributed by atoms with E-state index in [-0.39, 0.29) is 5.91 Å². The SMILES string of the molecule is CC(C)c1cc(C(=O)NN=Cc2cn[nH]c2-c2ccc(Cl)cc2)cs1. The second-order valence-corrected chi connectivity index (χ2v) is 7.18. The molecule has 1 aromatic carbocycles. The highest BCUT2D eigenvalue weighted by Gasteiger charge is 2.10. The molecule has 0 unspecified atom stereocenters. The summed E-state index contributed by atoms with van der Waals surface area (Å²) in [6, 6.07) is 9.30. The second kappa shape index (κ2) is 7.63. The Morgan fingerprint density at radius 2 is 2.12 bits per heavy atom. The van der Waals surface area contributed by atoms with E-state index in [1.54, 1.807) is 23.7 Å². The van der Waals surface area contributed by atoms with E-state index in [9.17, 15) is 4.79 Å². The van der Waals surface area contributed by atoms with Crippen molar-refractivity contribution in [2.24, 2.45) is 5.10 Å². The van der Waals surface area contributed by atoms with E-state index in [1.165, 1.54) is 4.88 Å². The zero-order valence-electron chi connectivity index (χ0n) is 13.8. The number of H-pyrrole nitrogens is 1. The van der Waals surface area contributed by atoms with Crippen LogP contribution in [0, 0.1) is 0 Å². The summed E-state index contributed by atoms with van der Waals surface area (Å²) < 4.78 is 0. The van der Waals surface area contributed by atoms with Crippen LogP contribution in [0.15, 0.2) is 47.0 Å². The van der Waals surface area contributed by atoms with Gasteiger partial charge in [-0.05, 0) is 24.1 Å². The summed E-state index contributed by atoms with van der Waals surface area (Å²) in [5.41, 5.74) is 5.70. The zero-order chi connectivity index (χ0) is 17.8. The van der Waals surface area contributed by atoms with Gasteiger partial charge in [0.05, 0.1) is 23.7 Å². The zero-order valence-corrected chi connectivity index (χ0v) is 15.4. The number of benzene rings is 1. The topological polar surface area (TPSA) is 70.1 Å². The Kier molecular flexibility index (Phi) is 5.31. The van der Waals surface area contributed by atoms with Crippen LogP contribution in [0.5, 0.6) is 0 Å². The molecule has 128 valence electrons. The Bertz CT molecular complexity index is 896. The predicted octanol–water partition coefficient (Wildman–Crippen LogP) is 4.68. The fraction of sp³-hybridized carbons (Fsp3) is 0.167. The minimum atomic E-state index is -0.226. The van der Waals surface area contributed by atoms with E-state index in [0.29, 0.717) is 16.5 Å². The molecule has 5 nitrogen and oxygen atoms in total. The summed E-state index contributed by atoms with van der Waals surface area (Å²) in [6.45, 7) is 4.20. The van der Waals surface area contributed by atoms with Crippen molar-refractivity contribution in [1.82, 2.24) is 15.6 Å². The number of hydrogen-bond acceptors (Lipinski definition) is 4. The van der Waals surface area contributed by atoms with Gasteiger partial charge in [0.25, 0.3) is 5.91 Å². The number of halogens is 1. The lowest BCUT2D eigenvalue weighted by atomic mass is 10.1. The lowest BCUT2D eigenvalue weighted by Gasteiger charge is -2.00. The molecule has 0 atom stereocenters. The van der Waals surface area contributed by atoms with Crippen LogP contribution in [-0.4, -0.2) is 22.3 Å². The van der Waals surface area contributed by atoms with Gasteiger partial charge in [0.2, 0.25) is 0 Å². The summed E-state index contributed by atoms with van der Waals surface area (Å²) in [5, 5.41) is 13.5. The van der Waals surface area contributed by atoms with Crippen molar-refractivity contribution in [3.63, 3.8) is 0 Å². The molecule has 0 radical (unpaired) electrons. The predicted molar refractivity (Wildman–Crippen MR) is 103 cm³/mol. The molecule has 0 saturated heterocycles. The summed E-state index contributed by atoms with van der Waals surface area (Å²) in [7, 11) is 0. The van der Waals surface area contributed by atoms with Crippen LogP contribution in [0.2, 0.25) is 5.02 Å². The maximum absolute atomic E-state index is 12.1. The third-order valence-corrected chi connectivity index (χ3v) is 5.11. The Labute approximate surface area is 154 Å². The molecule has 2 N–H and O–H groups in total. The van der Waals surface area contributed by atoms with Gasteiger partial charge in [-0.1, -0.05) is 37.6 Å². The number of aromatic amines is 1. The van der Waals surface area contributed by atoms with Crippen LogP contribution in [0.25, 0.3) is 11.3 Å². The first-order valence-corrected chi connectivity index (χ1v) is 9.01. The van der Waals surface area contributed by atoms with Crippen molar-refractivity contribution in [3.8, 4) is 11.3 Å². The Morgan fingerprint density at radius 1 is 1.36 bits per heavy atom. The number of carbonyl (C=O) groups excluding carboxylic acids is 1. The number of hydrazone groups is 1. The maximum Gasteiger partial charge on any atom is 0.272 e. The van der Waals surface area contributed by atoms with Crippen molar-refractivity contribution in [2.75, 3.05) is 0 Å². The standard InChI is InChI=1S/C18H17ClN4OS/c1-11(2)16-7-13(10-25-16)18(24)23-21-9-14-8-20-22-17(14)12-3-5-15(19)6-4-12/h3-11H,1-2H3,(H,20,22)(H,23,24). The molecule has 2 aromatic heterocycles. The van der Waals surface area contributed by atoms with Crippen LogP contribution in [-0.2, 0) is 0 Å². The van der Waals surface area contributed by atoms with Crippen molar-refractivity contribution >= 4 is 35.1 Å². The number of amides is 1. The highest BCUT2D eigenvalue weighted by molar-refractivity contribution is 7.10. The van der Waals surface area contributed by atoms with Crippen LogP contribution in [0.4, 0.5) is 0 Å². The van der Waals surface area contributed by atoms with E-state index in [2.05, 4.69) is 34.6 Å². The van der Waals surface area contributed by atoms with Crippen LogP contribution in [0.1, 0.15) is 40.6 Å². The van der Waals surface area contributed by atoms with Crippen molar-refractivity contribution in [2.45, 2.75) is 19.8 Å². The van der Waals surface area contributed by atoms with Crippen LogP contribution in [0.3, 0.4) is 0 Å². The molecule has 0 aliphatic rings. The van der Waals surface area contributed by atoms with E-state index >= 15 is 0 Å². The Balaban J connectivity index is 1.69. The molecule has 0 bridgehead atoms. The maximum atomic E-state index is 12.1. The number of nitrogens with zero attached hydrogens (tertiary/aromatic N) is 2. The Morgan fingerprint density at radius 3 is 2.80 bits per heavy atom. The second-order valence-electron chi connectivity index (χ2n) is 5.80. The third-order valence-electron chi connectivity index (χ3n) is 3.62. The van der Waals surface area contributed by atoms with E-state index < -0.39 is 0 Å². The average molecular weight is 373 g/mol. The molecular weight excluding hydrogens is 356 g/mol. The molecule has 3 rings (SSSR count). The average Bonchev–Trinajstić information content (AvgIpc) is 3.25. The smallest absolute Gasteiger partial charge is 0.272 e. The fourth-order valence-corrected chi connectivity index (χ4v) is 3.27. The molecule has 7 heteroatoms. The van der Waals surface area contributed by atoms with Gasteiger partial charge in [-0.25, -0.2) is 5.43 Å². The first kappa shape index (κ1) is 17.4. The van der Waals surface area contributed by atoms with Crippen molar-refractivity contribution < 1.29 is 4.79 Å². The van der Waals surface area contributed by atoms with Gasteiger partial charge < -0.3 is 0 Å². The first-order chi connectivity index (χ1) is 12.0. The molecule has 3 aromatic rings. The molecule has 0 aliphatic carbocycles. The molecular formula is C18H17ClN4OS. The number of hydrogen-bond donors (Lipinski definition) is 2. The number of thiophene rings is 1. The number of nitrogens with one attached hydrogen (secondary N) is 2. The van der Waals surface area contributed by atoms with Crippen molar-refractivity contribution in [3.05, 3.63) is 62.9 Å². The van der Waals surface area contributed by atoms with E-state index in [4.69, 9.17) is 11.6 Å². The molecule has 25 heavy (non-hydrogen) atoms. The molecule has 0 spiro atoms. The lowest BCUT2D eigenvalue weighted by molar-refractivity contribution is 0.0955. The van der Waals surface area contributed by atoms with Gasteiger partial charge in [-0.2, -0.15) is 10.2 Å². The first-order valence-electron chi connectivity index (χ1n) is 7.75. The minimum absolute atomic E-state index is 0.226. The minimum Gasteiger partial charge on any atom is -0.277 e. The summed E-state index contributed by atoms with van der Waals surface area (Å²) in [6.07, 6.45) is 3.22. The van der Waals surface area contributed by atoms with Gasteiger partial charge in [0.1, 0.15) is 0 Å². The molecule has 0 fully saturated rings. The summed E-state index contributed by atoms with van der Waals surface area (Å²) in [5.74, 6) is 0.179. The number of carbonyl (C=O) groups is 1. The Hall–Kier alpha value is -2.44. The quantitative estimate of drug-likeness (QED) is 0.504. The molecule has 1 amide bonds. The molecule has 0 saturated carbocycles. The monoisotopic (exact) mass is 372 g/mol. The van der Waals surface area contributed by atoms with E-state index in [1.807, 2.05) is 35.7 Å². The lowest BCUT2D eigenvalue weighted by Crippen LogP contribution is -2.16. The third kappa shape index (κ3) is 4.15. The summed E-state index contributed by atoms with van der Waals surface area (Å²) >= 11 is 7.49. The normalized spacial score (nSPS) is 11.4. The van der Waals surface area contributed by atoms with Gasteiger partial charge in [0.15, 0.2) is 0 Å². The number of rotatable bonds is 5. The van der Waals surface area contributed by atoms with Gasteiger partial charge >= 0.3 is 0 Å². The molecule has 0 aliphatic heterocycles. The van der Waals surface area contributed by atoms with Gasteiger partial charge in [0, 0.05) is 26.4 Å². The fourth-order valence-electron chi connectivity index (χ4n) is 2.24. The van der Waals surface area contributed by atoms with Gasteiger partial charge in [-0.15, -0.1) is 11.3 Å². The van der Waals surface area contributed by atoms with Crippen LogP contribution < -0.4 is 5.43 Å². The molecule has 2 heterocycles. The van der Waals surface area contributed by atoms with Crippen molar-refractivity contribution in [1.29, 1.82) is 0 Å². The largest absolute Gasteiger partial charge is 0.277 e. The highest BCUT2D eigenvalue weighted by Crippen LogP contribution is 2.23. The van der Waals surface area contributed by atoms with E-state index in [0.717, 1.165) is 16.8 Å².